The van der Waals surface area contributed by atoms with Crippen molar-refractivity contribution in [3.05, 3.63) is 70.8 Å². The molecule has 186 valence electrons. The van der Waals surface area contributed by atoms with Crippen molar-refractivity contribution in [3.63, 3.8) is 0 Å². The second kappa shape index (κ2) is 10.2. The Hall–Kier alpha value is -4.16. The lowest BCUT2D eigenvalue weighted by Gasteiger charge is -2.23. The van der Waals surface area contributed by atoms with Crippen LogP contribution in [0.4, 0.5) is 5.69 Å². The SMILES string of the molecule is CCN1C(=O)C(NC(=O)c2n[nH]c(Cc3cccc(C)c3)n2)COc2ccc(C#CC(C)(C)O)cc21. The highest BCUT2D eigenvalue weighted by molar-refractivity contribution is 6.02. The number of carbonyl (C=O) groups excluding carboxylic acids is 2. The molecule has 1 unspecified atom stereocenters. The minimum atomic E-state index is -1.14. The molecule has 36 heavy (non-hydrogen) atoms. The van der Waals surface area contributed by atoms with E-state index in [0.717, 1.165) is 11.1 Å². The number of ether oxygens (including phenoxy) is 1. The number of aromatic amines is 1. The average Bonchev–Trinajstić information content (AvgIpc) is 3.24. The molecule has 0 saturated heterocycles. The van der Waals surface area contributed by atoms with E-state index in [1.165, 1.54) is 0 Å². The van der Waals surface area contributed by atoms with Gasteiger partial charge in [0.25, 0.3) is 11.8 Å². The third kappa shape index (κ3) is 5.90. The molecule has 0 saturated carbocycles. The highest BCUT2D eigenvalue weighted by Gasteiger charge is 2.33. The number of nitrogens with zero attached hydrogens (tertiary/aromatic N) is 3. The number of benzene rings is 2. The number of aliphatic hydroxyl groups is 1. The molecule has 4 rings (SSSR count). The van der Waals surface area contributed by atoms with Gasteiger partial charge in [0, 0.05) is 18.5 Å². The summed E-state index contributed by atoms with van der Waals surface area (Å²) in [5, 5.41) is 19.4. The summed E-state index contributed by atoms with van der Waals surface area (Å²) in [7, 11) is 0. The van der Waals surface area contributed by atoms with Crippen LogP contribution in [-0.4, -0.2) is 56.9 Å². The van der Waals surface area contributed by atoms with Gasteiger partial charge in [0.05, 0.1) is 5.69 Å². The summed E-state index contributed by atoms with van der Waals surface area (Å²) in [5.74, 6) is 5.82. The minimum Gasteiger partial charge on any atom is -0.489 e. The number of carbonyl (C=O) groups is 2. The summed E-state index contributed by atoms with van der Waals surface area (Å²) in [6.07, 6.45) is 0.505. The smallest absolute Gasteiger partial charge is 0.291 e. The van der Waals surface area contributed by atoms with Crippen LogP contribution in [0, 0.1) is 18.8 Å². The molecule has 9 nitrogen and oxygen atoms in total. The molecule has 0 radical (unpaired) electrons. The number of anilines is 1. The van der Waals surface area contributed by atoms with Gasteiger partial charge in [0.1, 0.15) is 29.8 Å². The lowest BCUT2D eigenvalue weighted by Crippen LogP contribution is -2.50. The van der Waals surface area contributed by atoms with Crippen molar-refractivity contribution >= 4 is 17.5 Å². The number of nitrogens with one attached hydrogen (secondary N) is 2. The van der Waals surface area contributed by atoms with Crippen molar-refractivity contribution in [2.45, 2.75) is 45.8 Å². The van der Waals surface area contributed by atoms with Crippen molar-refractivity contribution in [1.29, 1.82) is 0 Å². The summed E-state index contributed by atoms with van der Waals surface area (Å²) in [5.41, 5.74) is 2.23. The first-order valence-corrected chi connectivity index (χ1v) is 11.7. The molecule has 9 heteroatoms. The molecule has 1 aliphatic rings. The minimum absolute atomic E-state index is 0.0384. The van der Waals surface area contributed by atoms with Crippen molar-refractivity contribution in [3.8, 4) is 17.6 Å². The first-order chi connectivity index (χ1) is 17.1. The van der Waals surface area contributed by atoms with E-state index in [1.807, 2.05) is 38.1 Å². The van der Waals surface area contributed by atoms with Gasteiger partial charge in [-0.2, -0.15) is 0 Å². The molecule has 1 atom stereocenters. The topological polar surface area (TPSA) is 120 Å². The highest BCUT2D eigenvalue weighted by Crippen LogP contribution is 2.32. The summed E-state index contributed by atoms with van der Waals surface area (Å²) in [6.45, 7) is 7.38. The summed E-state index contributed by atoms with van der Waals surface area (Å²) in [6, 6.07) is 12.3. The van der Waals surface area contributed by atoms with Gasteiger partial charge in [-0.1, -0.05) is 41.7 Å². The number of aromatic nitrogens is 3. The zero-order valence-electron chi connectivity index (χ0n) is 20.8. The fraction of sp³-hybridized carbons (Fsp3) is 0.333. The van der Waals surface area contributed by atoms with Crippen molar-refractivity contribution < 1.29 is 19.4 Å². The van der Waals surface area contributed by atoms with Gasteiger partial charge < -0.3 is 20.1 Å². The molecule has 1 aliphatic heterocycles. The maximum Gasteiger partial charge on any atom is 0.291 e. The molecule has 0 bridgehead atoms. The van der Waals surface area contributed by atoms with Crippen LogP contribution >= 0.6 is 0 Å². The van der Waals surface area contributed by atoms with Gasteiger partial charge in [0.2, 0.25) is 5.82 Å². The molecule has 2 aromatic carbocycles. The van der Waals surface area contributed by atoms with Gasteiger partial charge in [-0.3, -0.25) is 14.7 Å². The van der Waals surface area contributed by atoms with Gasteiger partial charge in [-0.05, 0) is 51.5 Å². The van der Waals surface area contributed by atoms with Crippen LogP contribution in [0.5, 0.6) is 5.75 Å². The average molecular weight is 488 g/mol. The van der Waals surface area contributed by atoms with Crippen LogP contribution in [-0.2, 0) is 11.2 Å². The predicted octanol–water partition coefficient (Wildman–Crippen LogP) is 2.37. The molecular weight excluding hydrogens is 458 g/mol. The Balaban J connectivity index is 1.49. The number of likely N-dealkylation sites (N-methyl/N-ethyl adjacent to an activating group) is 1. The van der Waals surface area contributed by atoms with E-state index in [4.69, 9.17) is 4.74 Å². The van der Waals surface area contributed by atoms with Crippen molar-refractivity contribution in [1.82, 2.24) is 20.5 Å². The largest absolute Gasteiger partial charge is 0.489 e. The first kappa shape index (κ1) is 24.9. The number of hydrogen-bond donors (Lipinski definition) is 3. The second-order valence-corrected chi connectivity index (χ2v) is 9.18. The lowest BCUT2D eigenvalue weighted by atomic mass is 10.1. The molecule has 3 aromatic rings. The van der Waals surface area contributed by atoms with Crippen LogP contribution in [0.3, 0.4) is 0 Å². The molecule has 2 amide bonds. The predicted molar refractivity (Wildman–Crippen MR) is 135 cm³/mol. The van der Waals surface area contributed by atoms with E-state index >= 15 is 0 Å². The van der Waals surface area contributed by atoms with Gasteiger partial charge >= 0.3 is 0 Å². The Kier molecular flexibility index (Phi) is 7.08. The second-order valence-electron chi connectivity index (χ2n) is 9.18. The van der Waals surface area contributed by atoms with Crippen molar-refractivity contribution in [2.24, 2.45) is 0 Å². The number of amides is 2. The maximum absolute atomic E-state index is 13.3. The van der Waals surface area contributed by atoms with Crippen LogP contribution in [0.1, 0.15) is 53.9 Å². The van der Waals surface area contributed by atoms with Gasteiger partial charge in [-0.15, -0.1) is 5.10 Å². The molecule has 0 fully saturated rings. The van der Waals surface area contributed by atoms with Gasteiger partial charge in [0.15, 0.2) is 0 Å². The Morgan fingerprint density at radius 3 is 2.83 bits per heavy atom. The fourth-order valence-corrected chi connectivity index (χ4v) is 3.85. The van der Waals surface area contributed by atoms with E-state index in [1.54, 1.807) is 36.9 Å². The summed E-state index contributed by atoms with van der Waals surface area (Å²) in [4.78, 5) is 32.0. The van der Waals surface area contributed by atoms with E-state index < -0.39 is 17.6 Å². The lowest BCUT2D eigenvalue weighted by molar-refractivity contribution is -0.120. The Bertz CT molecular complexity index is 1350. The highest BCUT2D eigenvalue weighted by atomic mass is 16.5. The number of hydrogen-bond acceptors (Lipinski definition) is 6. The van der Waals surface area contributed by atoms with E-state index in [2.05, 4.69) is 32.3 Å². The summed E-state index contributed by atoms with van der Waals surface area (Å²) < 4.78 is 5.87. The first-order valence-electron chi connectivity index (χ1n) is 11.7. The van der Waals surface area contributed by atoms with Crippen LogP contribution in [0.25, 0.3) is 0 Å². The van der Waals surface area contributed by atoms with E-state index in [-0.39, 0.29) is 18.3 Å². The van der Waals surface area contributed by atoms with E-state index in [9.17, 15) is 14.7 Å². The van der Waals surface area contributed by atoms with Crippen LogP contribution in [0.2, 0.25) is 0 Å². The Morgan fingerprint density at radius 1 is 1.31 bits per heavy atom. The molecule has 2 heterocycles. The summed E-state index contributed by atoms with van der Waals surface area (Å²) >= 11 is 0. The quantitative estimate of drug-likeness (QED) is 0.475. The zero-order chi connectivity index (χ0) is 25.9. The van der Waals surface area contributed by atoms with Crippen LogP contribution in [0.15, 0.2) is 42.5 Å². The van der Waals surface area contributed by atoms with E-state index in [0.29, 0.717) is 35.8 Å². The standard InChI is InChI=1S/C27H29N5O4/c1-5-32-21-14-18(11-12-27(3,4)35)9-10-22(21)36-16-20(26(32)34)28-25(33)24-29-23(30-31-24)15-19-8-6-7-17(2)13-19/h6-10,13-14,20,35H,5,15-16H2,1-4H3,(H,28,33)(H,29,30,31). The number of rotatable bonds is 5. The normalized spacial score (nSPS) is 15.3. The number of fused-ring (bicyclic) bond motifs is 1. The number of H-pyrrole nitrogens is 1. The van der Waals surface area contributed by atoms with Crippen molar-refractivity contribution in [2.75, 3.05) is 18.1 Å². The molecule has 0 spiro atoms. The fourth-order valence-electron chi connectivity index (χ4n) is 3.85. The Morgan fingerprint density at radius 2 is 2.11 bits per heavy atom. The monoisotopic (exact) mass is 487 g/mol. The Labute approximate surface area is 209 Å². The molecular formula is C27H29N5O4. The van der Waals surface area contributed by atoms with Gasteiger partial charge in [-0.25, -0.2) is 4.98 Å². The molecule has 1 aromatic heterocycles. The third-order valence-corrected chi connectivity index (χ3v) is 5.54. The maximum atomic E-state index is 13.3. The molecule has 3 N–H and O–H groups in total. The van der Waals surface area contributed by atoms with Crippen LogP contribution < -0.4 is 15.0 Å². The zero-order valence-corrected chi connectivity index (χ0v) is 20.8. The number of aryl methyl sites for hydroxylation is 1. The third-order valence-electron chi connectivity index (χ3n) is 5.54. The molecule has 0 aliphatic carbocycles.